The lowest BCUT2D eigenvalue weighted by Crippen LogP contribution is -2.51. The molecule has 1 fully saturated rings. The van der Waals surface area contributed by atoms with Gasteiger partial charge in [0, 0.05) is 48.7 Å². The highest BCUT2D eigenvalue weighted by molar-refractivity contribution is 6.32. The topological polar surface area (TPSA) is 122 Å². The van der Waals surface area contributed by atoms with E-state index >= 15 is 0 Å². The van der Waals surface area contributed by atoms with E-state index in [4.69, 9.17) is 26.1 Å². The van der Waals surface area contributed by atoms with Gasteiger partial charge in [0.25, 0.3) is 5.91 Å². The van der Waals surface area contributed by atoms with Crippen LogP contribution in [0.1, 0.15) is 63.0 Å². The van der Waals surface area contributed by atoms with Crippen LogP contribution in [0.5, 0.6) is 5.88 Å². The van der Waals surface area contributed by atoms with Crippen LogP contribution < -0.4 is 10.1 Å². The van der Waals surface area contributed by atoms with Crippen molar-refractivity contribution < 1.29 is 19.1 Å². The molecule has 5 rings (SSSR count). The number of nitrogens with zero attached hydrogens (tertiary/aromatic N) is 6. The molecule has 0 radical (unpaired) electrons. The zero-order valence-electron chi connectivity index (χ0n) is 24.5. The number of allylic oxidation sites excluding steroid dienone is 1. The molecule has 1 N–H and O–H groups in total. The molecule has 2 aliphatic heterocycles. The molecular weight excluding hydrogens is 558 g/mol. The van der Waals surface area contributed by atoms with Crippen LogP contribution >= 0.6 is 11.6 Å². The average molecular weight is 594 g/mol. The lowest BCUT2D eigenvalue weighted by atomic mass is 9.92. The van der Waals surface area contributed by atoms with E-state index in [2.05, 4.69) is 20.3 Å². The number of aliphatic imine (C=N–C) groups is 1. The third-order valence-corrected chi connectivity index (χ3v) is 7.58. The van der Waals surface area contributed by atoms with E-state index in [-0.39, 0.29) is 30.0 Å². The Kier molecular flexibility index (Phi) is 8.49. The summed E-state index contributed by atoms with van der Waals surface area (Å²) in [4.78, 5) is 47.6. The van der Waals surface area contributed by atoms with Crippen LogP contribution in [0, 0.1) is 12.8 Å². The Bertz CT molecular complexity index is 1440. The number of amides is 2. The molecule has 0 bridgehead atoms. The van der Waals surface area contributed by atoms with Gasteiger partial charge in [0.2, 0.25) is 11.8 Å². The van der Waals surface area contributed by atoms with Gasteiger partial charge < -0.3 is 19.3 Å². The lowest BCUT2D eigenvalue weighted by molar-refractivity contribution is 0.0230. The Labute approximate surface area is 250 Å². The molecule has 0 saturated carbocycles. The summed E-state index contributed by atoms with van der Waals surface area (Å²) >= 11 is 7.08. The predicted octanol–water partition coefficient (Wildman–Crippen LogP) is 4.80. The molecule has 2 amide bonds. The van der Waals surface area contributed by atoms with Crippen molar-refractivity contribution in [1.82, 2.24) is 30.1 Å². The van der Waals surface area contributed by atoms with Crippen molar-refractivity contribution in [3.8, 4) is 5.88 Å². The standard InChI is InChI=1S/C30H36ClN7O4/c1-18-14-22(41-23-10-11-32-17-34-23)24(31)26-25(18)35-28(36-27(39)20-9-12-33-19(2)15-20)38(26)21-8-6-7-13-37(16-21)29(40)42-30(3,4)5/h9-12,14-15,17-18,21,25H,6-8,13,16H2,1-5H3,(H,35,36,39)/t18?,21-,25?/m1/s1. The molecular formula is C30H36ClN7O4. The normalized spacial score (nSPS) is 22.6. The van der Waals surface area contributed by atoms with E-state index in [0.29, 0.717) is 47.0 Å². The Balaban J connectivity index is 1.51. The molecule has 1 saturated heterocycles. The first-order valence-corrected chi connectivity index (χ1v) is 14.5. The first-order valence-electron chi connectivity index (χ1n) is 14.1. The maximum atomic E-state index is 13.4. The highest BCUT2D eigenvalue weighted by atomic mass is 35.5. The summed E-state index contributed by atoms with van der Waals surface area (Å²) in [6.07, 6.45) is 8.59. The number of aryl methyl sites for hydroxylation is 1. The lowest BCUT2D eigenvalue weighted by Gasteiger charge is -2.37. The number of carbonyl (C=O) groups excluding carboxylic acids is 2. The number of hydrogen-bond acceptors (Lipinski definition) is 9. The monoisotopic (exact) mass is 593 g/mol. The molecule has 12 heteroatoms. The molecule has 3 aliphatic rings. The molecule has 11 nitrogen and oxygen atoms in total. The Morgan fingerprint density at radius 2 is 1.95 bits per heavy atom. The van der Waals surface area contributed by atoms with Gasteiger partial charge in [-0.2, -0.15) is 0 Å². The van der Waals surface area contributed by atoms with Gasteiger partial charge in [0.1, 0.15) is 28.8 Å². The minimum Gasteiger partial charge on any atom is -0.444 e. The number of carbonyl (C=O) groups is 2. The van der Waals surface area contributed by atoms with Crippen LogP contribution in [-0.4, -0.2) is 73.5 Å². The molecule has 2 aromatic rings. The maximum Gasteiger partial charge on any atom is 0.410 e. The fraction of sp³-hybridized carbons (Fsp3) is 0.467. The SMILES string of the molecule is Cc1cc(C(=O)NC2=NC3C(=C(Cl)C(Oc4ccncn4)=CC3C)N2[C@@H]2CCCCN(C(=O)OC(C)(C)C)C2)ccn1. The molecule has 3 atom stereocenters. The van der Waals surface area contributed by atoms with Crippen molar-refractivity contribution in [3.05, 3.63) is 70.7 Å². The number of halogens is 1. The molecule has 42 heavy (non-hydrogen) atoms. The quantitative estimate of drug-likeness (QED) is 0.536. The number of guanidine groups is 1. The second-order valence-corrected chi connectivity index (χ2v) is 12.1. The molecule has 2 aromatic heterocycles. The highest BCUT2D eigenvalue weighted by Gasteiger charge is 2.44. The molecule has 0 aromatic carbocycles. The van der Waals surface area contributed by atoms with Gasteiger partial charge in [-0.05, 0) is 65.2 Å². The van der Waals surface area contributed by atoms with Crippen LogP contribution in [0.3, 0.4) is 0 Å². The third-order valence-electron chi connectivity index (χ3n) is 7.20. The van der Waals surface area contributed by atoms with E-state index in [0.717, 1.165) is 25.0 Å². The predicted molar refractivity (Wildman–Crippen MR) is 158 cm³/mol. The fourth-order valence-electron chi connectivity index (χ4n) is 5.32. The Morgan fingerprint density at radius 1 is 1.14 bits per heavy atom. The third kappa shape index (κ3) is 6.56. The van der Waals surface area contributed by atoms with Gasteiger partial charge in [-0.3, -0.25) is 15.1 Å². The largest absolute Gasteiger partial charge is 0.444 e. The van der Waals surface area contributed by atoms with Crippen LogP contribution in [0.4, 0.5) is 4.79 Å². The minimum absolute atomic E-state index is 0.104. The number of pyridine rings is 1. The van der Waals surface area contributed by atoms with Gasteiger partial charge in [-0.15, -0.1) is 0 Å². The van der Waals surface area contributed by atoms with E-state index in [1.165, 1.54) is 6.33 Å². The molecule has 0 spiro atoms. The summed E-state index contributed by atoms with van der Waals surface area (Å²) in [7, 11) is 0. The number of aromatic nitrogens is 3. The van der Waals surface area contributed by atoms with Crippen LogP contribution in [0.15, 0.2) is 64.5 Å². The summed E-state index contributed by atoms with van der Waals surface area (Å²) in [5.74, 6) is 0.775. The van der Waals surface area contributed by atoms with Crippen molar-refractivity contribution in [1.29, 1.82) is 0 Å². The molecule has 1 aliphatic carbocycles. The summed E-state index contributed by atoms with van der Waals surface area (Å²) in [5, 5.41) is 3.40. The number of ether oxygens (including phenoxy) is 2. The van der Waals surface area contributed by atoms with Crippen molar-refractivity contribution in [3.63, 3.8) is 0 Å². The fourth-order valence-corrected chi connectivity index (χ4v) is 5.62. The number of hydrogen-bond donors (Lipinski definition) is 1. The summed E-state index contributed by atoms with van der Waals surface area (Å²) in [6.45, 7) is 10.4. The second kappa shape index (κ2) is 12.1. The Hall–Kier alpha value is -3.99. The van der Waals surface area contributed by atoms with Crippen molar-refractivity contribution >= 4 is 29.6 Å². The van der Waals surface area contributed by atoms with Gasteiger partial charge in [-0.1, -0.05) is 18.5 Å². The van der Waals surface area contributed by atoms with E-state index < -0.39 is 5.60 Å². The summed E-state index contributed by atoms with van der Waals surface area (Å²) < 4.78 is 11.8. The van der Waals surface area contributed by atoms with Gasteiger partial charge >= 0.3 is 6.09 Å². The van der Waals surface area contributed by atoms with E-state index in [1.54, 1.807) is 35.5 Å². The van der Waals surface area contributed by atoms with E-state index in [1.807, 2.05) is 45.6 Å². The maximum absolute atomic E-state index is 13.4. The number of fused-ring (bicyclic) bond motifs is 1. The number of nitrogens with one attached hydrogen (secondary N) is 1. The first kappa shape index (κ1) is 29.5. The molecule has 2 unspecified atom stereocenters. The van der Waals surface area contributed by atoms with Gasteiger partial charge in [0.15, 0.2) is 0 Å². The van der Waals surface area contributed by atoms with Crippen molar-refractivity contribution in [2.45, 2.75) is 71.6 Å². The summed E-state index contributed by atoms with van der Waals surface area (Å²) in [5.41, 5.74) is 1.29. The smallest absolute Gasteiger partial charge is 0.410 e. The Morgan fingerprint density at radius 3 is 2.67 bits per heavy atom. The van der Waals surface area contributed by atoms with Crippen LogP contribution in [-0.2, 0) is 4.74 Å². The second-order valence-electron chi connectivity index (χ2n) is 11.7. The van der Waals surface area contributed by atoms with Gasteiger partial charge in [-0.25, -0.2) is 19.8 Å². The zero-order valence-corrected chi connectivity index (χ0v) is 25.3. The molecule has 4 heterocycles. The average Bonchev–Trinajstić information content (AvgIpc) is 3.13. The number of likely N-dealkylation sites (tertiary alicyclic amines) is 1. The minimum atomic E-state index is -0.621. The van der Waals surface area contributed by atoms with Crippen LogP contribution in [0.25, 0.3) is 0 Å². The molecule has 222 valence electrons. The summed E-state index contributed by atoms with van der Waals surface area (Å²) in [6, 6.07) is 4.46. The zero-order chi connectivity index (χ0) is 30.0. The first-order chi connectivity index (χ1) is 20.0. The highest BCUT2D eigenvalue weighted by Crippen LogP contribution is 2.41. The van der Waals surface area contributed by atoms with Crippen molar-refractivity contribution in [2.75, 3.05) is 13.1 Å². The van der Waals surface area contributed by atoms with Crippen LogP contribution in [0.2, 0.25) is 0 Å². The van der Waals surface area contributed by atoms with Gasteiger partial charge in [0.05, 0.1) is 11.7 Å². The van der Waals surface area contributed by atoms with Crippen molar-refractivity contribution in [2.24, 2.45) is 10.9 Å². The van der Waals surface area contributed by atoms with E-state index in [9.17, 15) is 9.59 Å². The number of rotatable bonds is 4.